The standard InChI is InChI=1S/C21H23ClN2O/c22-20-10-8-19(9-11-20)21(18-6-2-1-3-7-18)24-15-13-23(14-16-24)12-4-5-17-25/h1-3,6-11,21,25H,12-17H2/t21-/m1/s1. The first kappa shape index (κ1) is 18.0. The quantitative estimate of drug-likeness (QED) is 0.855. The molecule has 25 heavy (non-hydrogen) atoms. The first-order valence-corrected chi connectivity index (χ1v) is 8.99. The van der Waals surface area contributed by atoms with Crippen LogP contribution in [-0.4, -0.2) is 54.2 Å². The Balaban J connectivity index is 1.76. The maximum Gasteiger partial charge on any atom is 0.104 e. The maximum absolute atomic E-state index is 8.77. The van der Waals surface area contributed by atoms with Crippen LogP contribution in [-0.2, 0) is 0 Å². The zero-order valence-electron chi connectivity index (χ0n) is 14.2. The van der Waals surface area contributed by atoms with Gasteiger partial charge in [-0.1, -0.05) is 65.9 Å². The summed E-state index contributed by atoms with van der Waals surface area (Å²) in [5, 5.41) is 9.54. The number of nitrogens with zero attached hydrogens (tertiary/aromatic N) is 2. The van der Waals surface area contributed by atoms with Crippen LogP contribution >= 0.6 is 11.6 Å². The van der Waals surface area contributed by atoms with Crippen LogP contribution in [0.4, 0.5) is 0 Å². The SMILES string of the molecule is OCC#CCN1CCN([C@H](c2ccccc2)c2ccc(Cl)cc2)CC1. The summed E-state index contributed by atoms with van der Waals surface area (Å²) in [5.74, 6) is 5.74. The minimum Gasteiger partial charge on any atom is -0.384 e. The molecule has 0 unspecified atom stereocenters. The highest BCUT2D eigenvalue weighted by atomic mass is 35.5. The van der Waals surface area contributed by atoms with Crippen LogP contribution in [0.15, 0.2) is 54.6 Å². The minimum atomic E-state index is -0.0629. The molecule has 0 spiro atoms. The lowest BCUT2D eigenvalue weighted by molar-refractivity contribution is 0.119. The fraction of sp³-hybridized carbons (Fsp3) is 0.333. The van der Waals surface area contributed by atoms with Crippen molar-refractivity contribution in [3.8, 4) is 11.8 Å². The number of aliphatic hydroxyl groups is 1. The minimum absolute atomic E-state index is 0.0629. The van der Waals surface area contributed by atoms with Crippen molar-refractivity contribution in [1.82, 2.24) is 9.80 Å². The summed E-state index contributed by atoms with van der Waals surface area (Å²) in [6.07, 6.45) is 0. The maximum atomic E-state index is 8.77. The number of halogens is 1. The van der Waals surface area contributed by atoms with Crippen LogP contribution in [0.5, 0.6) is 0 Å². The van der Waals surface area contributed by atoms with Crippen LogP contribution in [0.2, 0.25) is 5.02 Å². The molecule has 3 rings (SSSR count). The zero-order valence-corrected chi connectivity index (χ0v) is 15.0. The summed E-state index contributed by atoms with van der Waals surface area (Å²) in [4.78, 5) is 4.86. The molecule has 1 fully saturated rings. The van der Waals surface area contributed by atoms with E-state index < -0.39 is 0 Å². The normalized spacial score (nSPS) is 16.9. The average Bonchev–Trinajstić information content (AvgIpc) is 2.66. The van der Waals surface area contributed by atoms with E-state index in [1.54, 1.807) is 0 Å². The van der Waals surface area contributed by atoms with E-state index in [9.17, 15) is 0 Å². The molecular weight excluding hydrogens is 332 g/mol. The molecule has 1 aliphatic rings. The van der Waals surface area contributed by atoms with Crippen LogP contribution in [0.3, 0.4) is 0 Å². The summed E-state index contributed by atoms with van der Waals surface area (Å²) in [7, 11) is 0. The summed E-state index contributed by atoms with van der Waals surface area (Å²) >= 11 is 6.08. The molecule has 0 aromatic heterocycles. The van der Waals surface area contributed by atoms with E-state index in [1.165, 1.54) is 11.1 Å². The van der Waals surface area contributed by atoms with Gasteiger partial charge in [0.15, 0.2) is 0 Å². The third-order valence-electron chi connectivity index (χ3n) is 4.58. The van der Waals surface area contributed by atoms with Crippen LogP contribution in [0, 0.1) is 11.8 Å². The van der Waals surface area contributed by atoms with Crippen molar-refractivity contribution in [2.45, 2.75) is 6.04 Å². The highest BCUT2D eigenvalue weighted by Crippen LogP contribution is 2.30. The van der Waals surface area contributed by atoms with Gasteiger partial charge in [0, 0.05) is 31.2 Å². The predicted molar refractivity (Wildman–Crippen MR) is 103 cm³/mol. The van der Waals surface area contributed by atoms with Gasteiger partial charge < -0.3 is 5.11 Å². The second-order valence-corrected chi connectivity index (χ2v) is 6.62. The summed E-state index contributed by atoms with van der Waals surface area (Å²) in [6.45, 7) is 4.61. The van der Waals surface area contributed by atoms with Crippen molar-refractivity contribution in [1.29, 1.82) is 0 Å². The largest absolute Gasteiger partial charge is 0.384 e. The lowest BCUT2D eigenvalue weighted by Crippen LogP contribution is -2.47. The van der Waals surface area contributed by atoms with Gasteiger partial charge in [0.05, 0.1) is 12.6 Å². The van der Waals surface area contributed by atoms with Crippen molar-refractivity contribution in [3.05, 3.63) is 70.7 Å². The molecule has 0 bridgehead atoms. The van der Waals surface area contributed by atoms with Crippen molar-refractivity contribution in [3.63, 3.8) is 0 Å². The number of hydrogen-bond acceptors (Lipinski definition) is 3. The van der Waals surface area contributed by atoms with E-state index in [0.717, 1.165) is 37.7 Å². The van der Waals surface area contributed by atoms with E-state index >= 15 is 0 Å². The third kappa shape index (κ3) is 4.84. The molecule has 1 aliphatic heterocycles. The van der Waals surface area contributed by atoms with Gasteiger partial charge in [0.2, 0.25) is 0 Å². The Morgan fingerprint density at radius 2 is 1.52 bits per heavy atom. The fourth-order valence-electron chi connectivity index (χ4n) is 3.30. The zero-order chi connectivity index (χ0) is 17.5. The van der Waals surface area contributed by atoms with Gasteiger partial charge in [0.25, 0.3) is 0 Å². The van der Waals surface area contributed by atoms with Gasteiger partial charge in [-0.15, -0.1) is 0 Å². The topological polar surface area (TPSA) is 26.7 Å². The van der Waals surface area contributed by atoms with E-state index in [1.807, 2.05) is 12.1 Å². The molecule has 0 radical (unpaired) electrons. The Kier molecular flexibility index (Phi) is 6.49. The molecule has 0 aliphatic carbocycles. The van der Waals surface area contributed by atoms with Gasteiger partial charge in [0.1, 0.15) is 6.61 Å². The Labute approximate surface area is 154 Å². The number of benzene rings is 2. The first-order valence-electron chi connectivity index (χ1n) is 8.61. The molecule has 1 N–H and O–H groups in total. The Hall–Kier alpha value is -1.83. The Morgan fingerprint density at radius 3 is 2.16 bits per heavy atom. The van der Waals surface area contributed by atoms with Gasteiger partial charge in [-0.3, -0.25) is 9.80 Å². The lowest BCUT2D eigenvalue weighted by atomic mass is 9.96. The highest BCUT2D eigenvalue weighted by Gasteiger charge is 2.26. The van der Waals surface area contributed by atoms with Crippen LogP contribution < -0.4 is 0 Å². The van der Waals surface area contributed by atoms with Gasteiger partial charge in [-0.25, -0.2) is 0 Å². The molecule has 1 heterocycles. The average molecular weight is 355 g/mol. The van der Waals surface area contributed by atoms with Gasteiger partial charge in [-0.2, -0.15) is 0 Å². The summed E-state index contributed by atoms with van der Waals surface area (Å²) in [5.41, 5.74) is 2.57. The summed E-state index contributed by atoms with van der Waals surface area (Å²) in [6, 6.07) is 19.1. The summed E-state index contributed by atoms with van der Waals surface area (Å²) < 4.78 is 0. The van der Waals surface area contributed by atoms with Crippen molar-refractivity contribution in [2.75, 3.05) is 39.3 Å². The molecule has 1 atom stereocenters. The molecule has 130 valence electrons. The molecular formula is C21H23ClN2O. The first-order chi connectivity index (χ1) is 12.3. The second kappa shape index (κ2) is 9.03. The number of piperazine rings is 1. The highest BCUT2D eigenvalue weighted by molar-refractivity contribution is 6.30. The van der Waals surface area contributed by atoms with E-state index in [4.69, 9.17) is 16.7 Å². The second-order valence-electron chi connectivity index (χ2n) is 6.19. The predicted octanol–water partition coefficient (Wildman–Crippen LogP) is 3.04. The molecule has 3 nitrogen and oxygen atoms in total. The number of aliphatic hydroxyl groups excluding tert-OH is 1. The van der Waals surface area contributed by atoms with Crippen LogP contribution in [0.25, 0.3) is 0 Å². The monoisotopic (exact) mass is 354 g/mol. The molecule has 1 saturated heterocycles. The van der Waals surface area contributed by atoms with Crippen molar-refractivity contribution in [2.24, 2.45) is 0 Å². The van der Waals surface area contributed by atoms with Crippen molar-refractivity contribution >= 4 is 11.6 Å². The Bertz CT molecular complexity index is 713. The van der Waals surface area contributed by atoms with Gasteiger partial charge >= 0.3 is 0 Å². The smallest absolute Gasteiger partial charge is 0.104 e. The van der Waals surface area contributed by atoms with Crippen molar-refractivity contribution < 1.29 is 5.11 Å². The number of hydrogen-bond donors (Lipinski definition) is 1. The molecule has 4 heteroatoms. The fourth-order valence-corrected chi connectivity index (χ4v) is 3.42. The van der Waals surface area contributed by atoms with E-state index in [-0.39, 0.29) is 12.6 Å². The molecule has 0 amide bonds. The molecule has 2 aromatic rings. The van der Waals surface area contributed by atoms with E-state index in [2.05, 4.69) is 64.1 Å². The van der Waals surface area contributed by atoms with E-state index in [0.29, 0.717) is 0 Å². The Morgan fingerprint density at radius 1 is 0.880 bits per heavy atom. The lowest BCUT2D eigenvalue weighted by Gasteiger charge is -2.39. The van der Waals surface area contributed by atoms with Gasteiger partial charge in [-0.05, 0) is 23.3 Å². The number of rotatable bonds is 4. The molecule has 0 saturated carbocycles. The van der Waals surface area contributed by atoms with Crippen LogP contribution in [0.1, 0.15) is 17.2 Å². The molecule has 2 aromatic carbocycles. The third-order valence-corrected chi connectivity index (χ3v) is 4.83.